The van der Waals surface area contributed by atoms with Crippen molar-refractivity contribution in [2.45, 2.75) is 32.6 Å². The lowest BCUT2D eigenvalue weighted by Gasteiger charge is -2.39. The molecule has 0 radical (unpaired) electrons. The molecule has 2 aliphatic rings. The van der Waals surface area contributed by atoms with Gasteiger partial charge in [0.1, 0.15) is 16.9 Å². The van der Waals surface area contributed by atoms with Crippen LogP contribution in [-0.4, -0.2) is 49.3 Å². The van der Waals surface area contributed by atoms with Gasteiger partial charge in [0.25, 0.3) is 5.91 Å². The van der Waals surface area contributed by atoms with Crippen molar-refractivity contribution in [1.82, 2.24) is 15.6 Å². The van der Waals surface area contributed by atoms with Crippen molar-refractivity contribution in [2.75, 3.05) is 20.8 Å². The molecule has 9 nitrogen and oxygen atoms in total. The van der Waals surface area contributed by atoms with E-state index in [0.717, 1.165) is 24.8 Å². The Kier molecular flexibility index (Phi) is 6.99. The van der Waals surface area contributed by atoms with Crippen LogP contribution in [0.4, 0.5) is 0 Å². The summed E-state index contributed by atoms with van der Waals surface area (Å²) >= 11 is 3.34. The lowest BCUT2D eigenvalue weighted by molar-refractivity contribution is -0.145. The summed E-state index contributed by atoms with van der Waals surface area (Å²) in [6, 6.07) is 5.08. The third-order valence-corrected chi connectivity index (χ3v) is 6.07. The molecule has 31 heavy (non-hydrogen) atoms. The summed E-state index contributed by atoms with van der Waals surface area (Å²) in [6.45, 7) is 1.33. The number of ether oxygens (including phenoxy) is 2. The summed E-state index contributed by atoms with van der Waals surface area (Å²) in [4.78, 5) is 39.2. The first kappa shape index (κ1) is 22.8. The smallest absolute Gasteiger partial charge is 0.278 e. The Morgan fingerprint density at radius 3 is 2.77 bits per heavy atom. The molecule has 3 rings (SSSR count). The summed E-state index contributed by atoms with van der Waals surface area (Å²) in [6.07, 6.45) is 5.56. The summed E-state index contributed by atoms with van der Waals surface area (Å²) in [5.41, 5.74) is 1.87. The normalized spacial score (nSPS) is 22.6. The number of hydrazone groups is 1. The zero-order valence-corrected chi connectivity index (χ0v) is 19.2. The Morgan fingerprint density at radius 1 is 1.35 bits per heavy atom. The van der Waals surface area contributed by atoms with E-state index >= 15 is 0 Å². The molecule has 0 spiro atoms. The number of carbonyl (C=O) groups excluding carboxylic acids is 3. The van der Waals surface area contributed by atoms with E-state index in [9.17, 15) is 14.4 Å². The van der Waals surface area contributed by atoms with E-state index in [4.69, 9.17) is 9.47 Å². The molecule has 3 amide bonds. The van der Waals surface area contributed by atoms with E-state index in [1.807, 2.05) is 6.08 Å². The number of amides is 3. The van der Waals surface area contributed by atoms with Crippen LogP contribution < -0.4 is 20.2 Å². The second-order valence-electron chi connectivity index (χ2n) is 7.47. The van der Waals surface area contributed by atoms with Crippen molar-refractivity contribution in [3.05, 3.63) is 34.3 Å². The van der Waals surface area contributed by atoms with E-state index < -0.39 is 17.2 Å². The minimum Gasteiger partial charge on any atom is -0.497 e. The summed E-state index contributed by atoms with van der Waals surface area (Å²) in [5, 5.41) is 6.53. The van der Waals surface area contributed by atoms with Gasteiger partial charge in [-0.05, 0) is 72.3 Å². The highest BCUT2D eigenvalue weighted by atomic mass is 79.9. The van der Waals surface area contributed by atoms with Crippen molar-refractivity contribution in [3.63, 3.8) is 0 Å². The largest absolute Gasteiger partial charge is 0.497 e. The van der Waals surface area contributed by atoms with Crippen LogP contribution in [0.3, 0.4) is 0 Å². The van der Waals surface area contributed by atoms with Gasteiger partial charge in [0.05, 0.1) is 11.6 Å². The standard InChI is InChI=1S/C21H25BrN4O5/c1-21(13-7-5-4-6-8-13)18(28)23-20(26(2)19(21)29)25-24-17(27)12-31-16-10-9-14(30-3)11-15(16)22/h7,9-11H,4-6,8,12H2,1-3H3,(H,24,27)(H,23,25,28). The molecular weight excluding hydrogens is 468 g/mol. The average Bonchev–Trinajstić information content (AvgIpc) is 2.78. The van der Waals surface area contributed by atoms with Crippen LogP contribution in [0.2, 0.25) is 0 Å². The molecule has 1 aliphatic carbocycles. The monoisotopic (exact) mass is 492 g/mol. The van der Waals surface area contributed by atoms with Crippen LogP contribution in [0, 0.1) is 5.41 Å². The fraction of sp³-hybridized carbons (Fsp3) is 0.429. The fourth-order valence-corrected chi connectivity index (χ4v) is 4.01. The Bertz CT molecular complexity index is 961. The highest BCUT2D eigenvalue weighted by Crippen LogP contribution is 2.37. The van der Waals surface area contributed by atoms with Crippen LogP contribution in [0.1, 0.15) is 32.6 Å². The third-order valence-electron chi connectivity index (χ3n) is 5.45. The SMILES string of the molecule is COc1ccc(OCC(=O)N/N=C2/NC(=O)C(C)(C3=CCCCC3)C(=O)N2C)c(Br)c1. The van der Waals surface area contributed by atoms with Gasteiger partial charge in [-0.15, -0.1) is 5.10 Å². The molecule has 1 aliphatic heterocycles. The van der Waals surface area contributed by atoms with Crippen LogP contribution in [0.25, 0.3) is 0 Å². The van der Waals surface area contributed by atoms with E-state index in [1.54, 1.807) is 32.2 Å². The van der Waals surface area contributed by atoms with Gasteiger partial charge in [-0.3, -0.25) is 24.6 Å². The Hall–Kier alpha value is -2.88. The maximum Gasteiger partial charge on any atom is 0.278 e. The maximum absolute atomic E-state index is 13.0. The molecule has 0 bridgehead atoms. The van der Waals surface area contributed by atoms with E-state index in [0.29, 0.717) is 22.4 Å². The third kappa shape index (κ3) is 4.73. The molecule has 1 atom stereocenters. The molecule has 1 heterocycles. The molecule has 1 unspecified atom stereocenters. The van der Waals surface area contributed by atoms with Crippen LogP contribution in [0.5, 0.6) is 11.5 Å². The first-order chi connectivity index (χ1) is 14.8. The number of methoxy groups -OCH3 is 1. The fourth-order valence-electron chi connectivity index (χ4n) is 3.53. The molecule has 2 N–H and O–H groups in total. The second-order valence-corrected chi connectivity index (χ2v) is 8.33. The second kappa shape index (κ2) is 9.51. The van der Waals surface area contributed by atoms with Crippen molar-refractivity contribution in [3.8, 4) is 11.5 Å². The highest BCUT2D eigenvalue weighted by molar-refractivity contribution is 9.10. The van der Waals surface area contributed by atoms with Crippen LogP contribution >= 0.6 is 15.9 Å². The summed E-state index contributed by atoms with van der Waals surface area (Å²) < 4.78 is 11.2. The van der Waals surface area contributed by atoms with Gasteiger partial charge in [-0.25, -0.2) is 5.43 Å². The van der Waals surface area contributed by atoms with Crippen LogP contribution in [0.15, 0.2) is 39.4 Å². The quantitative estimate of drug-likeness (QED) is 0.359. The van der Waals surface area contributed by atoms with Crippen molar-refractivity contribution < 1.29 is 23.9 Å². The number of hydrogen-bond donors (Lipinski definition) is 2. The number of hydrogen-bond acceptors (Lipinski definition) is 6. The van der Waals surface area contributed by atoms with E-state index in [2.05, 4.69) is 31.8 Å². The molecule has 0 aromatic heterocycles. The summed E-state index contributed by atoms with van der Waals surface area (Å²) in [5.74, 6) is -0.312. The van der Waals surface area contributed by atoms with Crippen molar-refractivity contribution in [2.24, 2.45) is 10.5 Å². The number of nitrogens with zero attached hydrogens (tertiary/aromatic N) is 2. The molecule has 0 saturated carbocycles. The van der Waals surface area contributed by atoms with Gasteiger partial charge in [0.15, 0.2) is 6.61 Å². The molecule has 1 aromatic rings. The van der Waals surface area contributed by atoms with Gasteiger partial charge in [-0.2, -0.15) is 0 Å². The number of guanidine groups is 1. The van der Waals surface area contributed by atoms with Gasteiger partial charge in [-0.1, -0.05) is 6.08 Å². The van der Waals surface area contributed by atoms with Gasteiger partial charge in [0, 0.05) is 7.05 Å². The zero-order chi connectivity index (χ0) is 22.6. The number of benzene rings is 1. The zero-order valence-electron chi connectivity index (χ0n) is 17.7. The predicted octanol–water partition coefficient (Wildman–Crippen LogP) is 2.32. The number of rotatable bonds is 6. The number of allylic oxidation sites excluding steroid dienone is 1. The number of nitrogens with one attached hydrogen (secondary N) is 2. The Balaban J connectivity index is 1.62. The van der Waals surface area contributed by atoms with Crippen molar-refractivity contribution >= 4 is 39.6 Å². The van der Waals surface area contributed by atoms with Gasteiger partial charge >= 0.3 is 0 Å². The summed E-state index contributed by atoms with van der Waals surface area (Å²) in [7, 11) is 3.06. The molecule has 1 saturated heterocycles. The lowest BCUT2D eigenvalue weighted by Crippen LogP contribution is -2.63. The van der Waals surface area contributed by atoms with E-state index in [1.165, 1.54) is 11.9 Å². The predicted molar refractivity (Wildman–Crippen MR) is 117 cm³/mol. The minimum absolute atomic E-state index is 0.0390. The molecule has 166 valence electrons. The number of halogens is 1. The Morgan fingerprint density at radius 2 is 2.13 bits per heavy atom. The first-order valence-corrected chi connectivity index (χ1v) is 10.7. The molecule has 10 heteroatoms. The Labute approximate surface area is 189 Å². The minimum atomic E-state index is -1.26. The van der Waals surface area contributed by atoms with Crippen LogP contribution in [-0.2, 0) is 14.4 Å². The first-order valence-electron chi connectivity index (χ1n) is 9.89. The molecule has 1 aromatic carbocycles. The van der Waals surface area contributed by atoms with Crippen molar-refractivity contribution in [1.29, 1.82) is 0 Å². The highest BCUT2D eigenvalue weighted by Gasteiger charge is 2.50. The molecular formula is C21H25BrN4O5. The van der Waals surface area contributed by atoms with E-state index in [-0.39, 0.29) is 18.5 Å². The lowest BCUT2D eigenvalue weighted by atomic mass is 9.74. The number of carbonyl (C=O) groups is 3. The molecule has 1 fully saturated rings. The van der Waals surface area contributed by atoms with Gasteiger partial charge < -0.3 is 9.47 Å². The maximum atomic E-state index is 13.0. The average molecular weight is 493 g/mol. The van der Waals surface area contributed by atoms with Gasteiger partial charge in [0.2, 0.25) is 17.8 Å². The topological polar surface area (TPSA) is 109 Å².